The molecule has 150 heavy (non-hydrogen) atoms. The number of hydrogen-bond donors (Lipinski definition) is 1. The van der Waals surface area contributed by atoms with Crippen LogP contribution >= 0.6 is 0 Å². The Labute approximate surface area is 889 Å². The molecule has 4 heteroatoms. The minimum absolute atomic E-state index is 0.332. The van der Waals surface area contributed by atoms with Gasteiger partial charge in [0.05, 0.1) is 27.8 Å². The molecule has 3 aliphatic rings. The van der Waals surface area contributed by atoms with Crippen LogP contribution in [0.15, 0.2) is 309 Å². The molecule has 3 aliphatic heterocycles. The molecule has 0 radical (unpaired) electrons. The summed E-state index contributed by atoms with van der Waals surface area (Å²) in [4.78, 5) is 0. The Morgan fingerprint density at radius 3 is 0.667 bits per heavy atom. The first kappa shape index (κ1) is 101. The van der Waals surface area contributed by atoms with E-state index in [9.17, 15) is 5.11 Å². The van der Waals surface area contributed by atoms with E-state index >= 15 is 0 Å². The fourth-order valence-corrected chi connectivity index (χ4v) is 25.0. The molecule has 3 heterocycles. The maximum absolute atomic E-state index is 11.0. The summed E-state index contributed by atoms with van der Waals surface area (Å²) in [5.41, 5.74) is 17.2. The predicted octanol–water partition coefficient (Wildman–Crippen LogP) is 38.7. The van der Waals surface area contributed by atoms with E-state index in [0.29, 0.717) is 0 Å². The summed E-state index contributed by atoms with van der Waals surface area (Å²) in [6.45, 7) is 17.4. The molecule has 0 amide bonds. The Kier molecular flexibility index (Phi) is 30.5. The maximum atomic E-state index is 11.0. The summed E-state index contributed by atoms with van der Waals surface area (Å²) in [6, 6.07) is 113. The minimum Gasteiger partial charge on any atom is -0.455 e. The van der Waals surface area contributed by atoms with E-state index in [1.54, 1.807) is 13.8 Å². The van der Waals surface area contributed by atoms with Gasteiger partial charge in [0, 0.05) is 94.1 Å². The molecule has 0 spiro atoms. The fourth-order valence-electron chi connectivity index (χ4n) is 25.0. The van der Waals surface area contributed by atoms with Crippen molar-refractivity contribution in [2.75, 3.05) is 0 Å². The minimum atomic E-state index is -1.18. The van der Waals surface area contributed by atoms with Crippen LogP contribution < -0.4 is 14.2 Å². The summed E-state index contributed by atoms with van der Waals surface area (Å²) in [7, 11) is 0. The van der Waals surface area contributed by atoms with E-state index in [1.165, 1.54) is 108 Å². The van der Waals surface area contributed by atoms with Gasteiger partial charge in [0.2, 0.25) is 0 Å². The van der Waals surface area contributed by atoms with Crippen LogP contribution in [0.2, 0.25) is 0 Å². The lowest BCUT2D eigenvalue weighted by molar-refractivity contribution is 0.143. The summed E-state index contributed by atoms with van der Waals surface area (Å²) in [5, 5.41) is 28.1. The van der Waals surface area contributed by atoms with Crippen molar-refractivity contribution in [3.8, 4) is 117 Å². The van der Waals surface area contributed by atoms with Crippen molar-refractivity contribution in [1.82, 2.24) is 0 Å². The molecule has 0 saturated carbocycles. The van der Waals surface area contributed by atoms with Gasteiger partial charge in [0.15, 0.2) is 0 Å². The van der Waals surface area contributed by atoms with Crippen LogP contribution in [0, 0.1) is 71.0 Å². The number of fused-ring (bicyclic) bond motifs is 14. The lowest BCUT2D eigenvalue weighted by atomic mass is 9.65. The van der Waals surface area contributed by atoms with Crippen LogP contribution in [0.1, 0.15) is 343 Å². The second kappa shape index (κ2) is 45.4. The van der Waals surface area contributed by atoms with Crippen LogP contribution in [0.3, 0.4) is 0 Å². The number of benzene rings is 18. The Morgan fingerprint density at radius 2 is 0.413 bits per heavy atom. The Morgan fingerprint density at radius 1 is 0.207 bits per heavy atom. The Balaban J connectivity index is 0.682. The van der Waals surface area contributed by atoms with Crippen molar-refractivity contribution in [3.63, 3.8) is 0 Å². The highest BCUT2D eigenvalue weighted by Crippen LogP contribution is 2.61. The third kappa shape index (κ3) is 19.7. The lowest BCUT2D eigenvalue weighted by Gasteiger charge is -2.42. The molecule has 0 saturated heterocycles. The van der Waals surface area contributed by atoms with Crippen molar-refractivity contribution in [3.05, 3.63) is 404 Å². The molecule has 0 aliphatic carbocycles. The van der Waals surface area contributed by atoms with Crippen LogP contribution in [-0.2, 0) is 16.2 Å². The van der Waals surface area contributed by atoms with Crippen molar-refractivity contribution < 1.29 is 19.3 Å². The zero-order chi connectivity index (χ0) is 103. The van der Waals surface area contributed by atoms with Gasteiger partial charge in [-0.1, -0.05) is 540 Å². The number of unbranched alkanes of at least 4 members (excludes halogenated alkanes) is 18. The normalized spacial score (nSPS) is 13.1. The average Bonchev–Trinajstić information content (AvgIpc) is 0.712. The third-order valence-electron chi connectivity index (χ3n) is 32.5. The monoisotopic (exact) mass is 1950 g/mol. The number of para-hydroxylation sites is 6. The largest absolute Gasteiger partial charge is 0.455 e. The molecule has 4 nitrogen and oxygen atoms in total. The van der Waals surface area contributed by atoms with Gasteiger partial charge in [-0.25, -0.2) is 0 Å². The molecule has 0 unspecified atom stereocenters. The molecule has 0 bridgehead atoms. The average molecular weight is 1950 g/mol. The summed E-state index contributed by atoms with van der Waals surface area (Å²) >= 11 is 0. The topological polar surface area (TPSA) is 47.9 Å². The van der Waals surface area contributed by atoms with Crippen molar-refractivity contribution in [1.29, 1.82) is 0 Å². The highest BCUT2D eigenvalue weighted by molar-refractivity contribution is 6.18. The van der Waals surface area contributed by atoms with Crippen LogP contribution in [0.4, 0.5) is 0 Å². The standard InChI is InChI=1S/C146H136O4/c1-9-15-21-43-94-144(95-44-22-16-10-2)130-77-49-57-102(83-88-121-109-62-29-27-55-107(109)101-108-56-28-30-63-110(108)121)137(130)148-138-103(58-50-78-131(138)144)84-89-122-111-64-31-33-66-113(111)123(114-67-34-32-65-112(114)122)90-85-104-59-51-79-132-139(104)149-140-105(60-52-80-133(140)145(132,96-45-23-17-11-3)97-46-24-18-12-4)87-92-125-119-72-39-41-74-127(119)136(128-75-42-40-73-120(125)128)129-76-54-82-135-142(129)150-141-106(61-53-81-134(141)146(135,98-47-25-19-13-5)99-48-26-20-14-6)86-91-124-115-68-35-37-70-117(115)126(93-100-143(7,8)147)118-71-38-36-69-116(118)124/h27-42,49-82,101,147H,9-26,43-48,94-99H2,1-8H3. The van der Waals surface area contributed by atoms with Gasteiger partial charge < -0.3 is 19.3 Å². The van der Waals surface area contributed by atoms with Gasteiger partial charge >= 0.3 is 0 Å². The molecule has 1 N–H and O–H groups in total. The second-order valence-electron chi connectivity index (χ2n) is 42.8. The smallest absolute Gasteiger partial charge is 0.147 e. The van der Waals surface area contributed by atoms with E-state index in [2.05, 4.69) is 422 Å². The van der Waals surface area contributed by atoms with E-state index in [-0.39, 0.29) is 10.8 Å². The molecule has 0 aromatic heterocycles. The first-order chi connectivity index (χ1) is 73.8. The van der Waals surface area contributed by atoms with Gasteiger partial charge in [-0.3, -0.25) is 0 Å². The zero-order valence-electron chi connectivity index (χ0n) is 88.8. The lowest BCUT2D eigenvalue weighted by Crippen LogP contribution is -2.32. The number of hydrogen-bond acceptors (Lipinski definition) is 4. The number of aliphatic hydroxyl groups is 1. The third-order valence-corrected chi connectivity index (χ3v) is 32.5. The van der Waals surface area contributed by atoms with Crippen molar-refractivity contribution in [2.45, 2.75) is 270 Å². The summed E-state index contributed by atoms with van der Waals surface area (Å²) in [6.07, 6.45) is 33.3. The second-order valence-corrected chi connectivity index (χ2v) is 42.8. The molecule has 0 fully saturated rings. The first-order valence-corrected chi connectivity index (χ1v) is 56.2. The summed E-state index contributed by atoms with van der Waals surface area (Å²) in [5.74, 6) is 50.6. The van der Waals surface area contributed by atoms with Crippen LogP contribution in [-0.4, -0.2) is 10.7 Å². The fraction of sp³-hybridized carbons (Fsp3) is 0.288. The summed E-state index contributed by atoms with van der Waals surface area (Å²) < 4.78 is 23.4. The van der Waals surface area contributed by atoms with Gasteiger partial charge in [-0.2, -0.15) is 0 Å². The highest BCUT2D eigenvalue weighted by Gasteiger charge is 2.47. The van der Waals surface area contributed by atoms with E-state index < -0.39 is 11.0 Å². The van der Waals surface area contributed by atoms with Crippen molar-refractivity contribution in [2.24, 2.45) is 0 Å². The molecule has 744 valence electrons. The maximum Gasteiger partial charge on any atom is 0.147 e. The van der Waals surface area contributed by atoms with Gasteiger partial charge in [-0.15, -0.1) is 0 Å². The molecule has 0 atom stereocenters. The molecule has 21 rings (SSSR count). The molecule has 18 aromatic rings. The van der Waals surface area contributed by atoms with Crippen LogP contribution in [0.25, 0.3) is 97.3 Å². The number of ether oxygens (including phenoxy) is 3. The molecular formula is C146H136O4. The predicted molar refractivity (Wildman–Crippen MR) is 632 cm³/mol. The van der Waals surface area contributed by atoms with E-state index in [0.717, 1.165) is 311 Å². The van der Waals surface area contributed by atoms with E-state index in [4.69, 9.17) is 14.2 Å². The number of rotatable bonds is 31. The SMILES string of the molecule is CCCCCCC1(CCCCCC)c2cccc(C#Cc3c4ccccc4cc4ccccc34)c2Oc2c(C#Cc3c4ccccc4c(C#Cc4cccc5c4Oc4c(C#Cc6c7ccccc7c(-c7cccc8c7Oc7c(C#Cc9c%10ccccc%10c(C#CC(C)(C)O)c%10ccccc9%10)cccc7C8(CCCCCC)CCCCCC)c7ccccc67)cccc4C5(CCCCCC)CCCCCC)c4ccccc34)cccc21. The highest BCUT2D eigenvalue weighted by atomic mass is 16.5. The van der Waals surface area contributed by atoms with Gasteiger partial charge in [0.1, 0.15) is 40.1 Å². The molecular weight excluding hydrogens is 1820 g/mol. The van der Waals surface area contributed by atoms with Crippen molar-refractivity contribution >= 4 is 86.2 Å². The zero-order valence-corrected chi connectivity index (χ0v) is 88.8. The first-order valence-electron chi connectivity index (χ1n) is 56.2. The van der Waals surface area contributed by atoms with Gasteiger partial charge in [0.25, 0.3) is 0 Å². The van der Waals surface area contributed by atoms with Gasteiger partial charge in [-0.05, 0) is 175 Å². The van der Waals surface area contributed by atoms with E-state index in [1.807, 2.05) is 0 Å². The van der Waals surface area contributed by atoms with Crippen LogP contribution in [0.5, 0.6) is 34.5 Å². The Bertz CT molecular complexity index is 8370. The Hall–Kier alpha value is -15.2. The molecule has 18 aromatic carbocycles. The quantitative estimate of drug-likeness (QED) is 0.0267.